The van der Waals surface area contributed by atoms with Gasteiger partial charge < -0.3 is 10.1 Å². The molecule has 1 heterocycles. The van der Waals surface area contributed by atoms with Crippen molar-refractivity contribution in [1.29, 1.82) is 0 Å². The topological polar surface area (TPSA) is 21.3 Å². The van der Waals surface area contributed by atoms with Crippen LogP contribution in [0, 0.1) is 11.2 Å². The summed E-state index contributed by atoms with van der Waals surface area (Å²) in [5.41, 5.74) is 1.08. The van der Waals surface area contributed by atoms with E-state index in [1.165, 1.54) is 6.07 Å². The molecule has 2 unspecified atom stereocenters. The van der Waals surface area contributed by atoms with Gasteiger partial charge >= 0.3 is 0 Å². The summed E-state index contributed by atoms with van der Waals surface area (Å²) in [6.07, 6.45) is 2.03. The number of hydrogen-bond donors (Lipinski definition) is 1. The number of hydrogen-bond acceptors (Lipinski definition) is 2. The minimum absolute atomic E-state index is 0.0606. The largest absolute Gasteiger partial charge is 0.378 e. The minimum atomic E-state index is -0.181. The zero-order valence-electron chi connectivity index (χ0n) is 10.8. The molecule has 0 bridgehead atoms. The van der Waals surface area contributed by atoms with E-state index in [0.29, 0.717) is 0 Å². The summed E-state index contributed by atoms with van der Waals surface area (Å²) < 4.78 is 20.0. The van der Waals surface area contributed by atoms with Gasteiger partial charge in [-0.05, 0) is 50.6 Å². The first-order valence-electron chi connectivity index (χ1n) is 6.27. The molecule has 0 aliphatic carbocycles. The maximum atomic E-state index is 13.4. The molecule has 1 N–H and O–H groups in total. The molecule has 18 heavy (non-hydrogen) atoms. The fourth-order valence-corrected chi connectivity index (χ4v) is 3.14. The second-order valence-corrected chi connectivity index (χ2v) is 5.92. The number of benzene rings is 1. The van der Waals surface area contributed by atoms with E-state index in [9.17, 15) is 4.39 Å². The van der Waals surface area contributed by atoms with Gasteiger partial charge in [-0.3, -0.25) is 0 Å². The predicted octanol–water partition coefficient (Wildman–Crippen LogP) is 3.15. The maximum absolute atomic E-state index is 13.4. The number of rotatable bonds is 4. The Balaban J connectivity index is 2.26. The Morgan fingerprint density at radius 3 is 2.94 bits per heavy atom. The highest BCUT2D eigenvalue weighted by Gasteiger charge is 2.41. The first kappa shape index (κ1) is 14.0. The van der Waals surface area contributed by atoms with Crippen LogP contribution in [0.3, 0.4) is 0 Å². The normalized spacial score (nSPS) is 27.7. The molecule has 1 saturated heterocycles. The summed E-state index contributed by atoms with van der Waals surface area (Å²) in [7, 11) is 1.95. The Bertz CT molecular complexity index is 426. The Hall–Kier alpha value is -0.450. The molecule has 1 aromatic carbocycles. The highest BCUT2D eigenvalue weighted by molar-refractivity contribution is 9.10. The molecular weight excluding hydrogens is 297 g/mol. The lowest BCUT2D eigenvalue weighted by Gasteiger charge is -2.32. The Labute approximate surface area is 116 Å². The van der Waals surface area contributed by atoms with Gasteiger partial charge in [-0.25, -0.2) is 4.39 Å². The van der Waals surface area contributed by atoms with Gasteiger partial charge in [-0.15, -0.1) is 0 Å². The van der Waals surface area contributed by atoms with E-state index in [0.717, 1.165) is 36.0 Å². The average Bonchev–Trinajstić information content (AvgIpc) is 2.66. The summed E-state index contributed by atoms with van der Waals surface area (Å²) in [5, 5.41) is 3.25. The molecule has 4 heteroatoms. The number of ether oxygens (including phenoxy) is 1. The molecule has 0 amide bonds. The zero-order valence-corrected chi connectivity index (χ0v) is 12.4. The fourth-order valence-electron chi connectivity index (χ4n) is 2.76. The van der Waals surface area contributed by atoms with Crippen LogP contribution in [0.4, 0.5) is 4.39 Å². The van der Waals surface area contributed by atoms with Crippen LogP contribution in [-0.4, -0.2) is 26.3 Å². The minimum Gasteiger partial charge on any atom is -0.378 e. The van der Waals surface area contributed by atoms with Crippen molar-refractivity contribution in [3.63, 3.8) is 0 Å². The lowest BCUT2D eigenvalue weighted by Crippen LogP contribution is -2.40. The van der Waals surface area contributed by atoms with Crippen LogP contribution in [-0.2, 0) is 11.2 Å². The third kappa shape index (κ3) is 2.76. The van der Waals surface area contributed by atoms with Gasteiger partial charge in [-0.2, -0.15) is 0 Å². The first-order valence-corrected chi connectivity index (χ1v) is 7.07. The predicted molar refractivity (Wildman–Crippen MR) is 74.2 cm³/mol. The second kappa shape index (κ2) is 5.68. The quantitative estimate of drug-likeness (QED) is 0.921. The Morgan fingerprint density at radius 2 is 2.33 bits per heavy atom. The molecule has 0 saturated carbocycles. The van der Waals surface area contributed by atoms with Gasteiger partial charge in [0.2, 0.25) is 0 Å². The summed E-state index contributed by atoms with van der Waals surface area (Å²) in [6, 6.07) is 4.87. The highest BCUT2D eigenvalue weighted by atomic mass is 79.9. The van der Waals surface area contributed by atoms with Crippen LogP contribution in [0.5, 0.6) is 0 Å². The number of nitrogens with one attached hydrogen (secondary N) is 1. The van der Waals surface area contributed by atoms with E-state index in [1.807, 2.05) is 7.05 Å². The van der Waals surface area contributed by atoms with Crippen molar-refractivity contribution < 1.29 is 9.13 Å². The van der Waals surface area contributed by atoms with Crippen LogP contribution in [0.15, 0.2) is 22.7 Å². The van der Waals surface area contributed by atoms with Crippen LogP contribution in [0.25, 0.3) is 0 Å². The molecule has 2 rings (SSSR count). The van der Waals surface area contributed by atoms with Crippen molar-refractivity contribution in [2.75, 3.05) is 20.2 Å². The van der Waals surface area contributed by atoms with Crippen molar-refractivity contribution in [2.45, 2.75) is 25.9 Å². The zero-order chi connectivity index (χ0) is 13.2. The van der Waals surface area contributed by atoms with Gasteiger partial charge in [0.1, 0.15) is 5.82 Å². The Morgan fingerprint density at radius 1 is 1.56 bits per heavy atom. The van der Waals surface area contributed by atoms with Crippen molar-refractivity contribution in [3.05, 3.63) is 34.1 Å². The third-order valence-electron chi connectivity index (χ3n) is 3.91. The third-order valence-corrected chi connectivity index (χ3v) is 4.68. The van der Waals surface area contributed by atoms with E-state index in [4.69, 9.17) is 4.74 Å². The lowest BCUT2D eigenvalue weighted by atomic mass is 9.76. The molecule has 1 aromatic rings. The van der Waals surface area contributed by atoms with E-state index in [2.05, 4.69) is 28.2 Å². The molecule has 100 valence electrons. The summed E-state index contributed by atoms with van der Waals surface area (Å²) >= 11 is 3.51. The van der Waals surface area contributed by atoms with Crippen LogP contribution in [0.2, 0.25) is 0 Å². The van der Waals surface area contributed by atoms with Crippen molar-refractivity contribution in [2.24, 2.45) is 5.41 Å². The molecular formula is C14H19BrFNO. The van der Waals surface area contributed by atoms with E-state index < -0.39 is 0 Å². The molecule has 1 aliphatic rings. The van der Waals surface area contributed by atoms with Crippen molar-refractivity contribution in [3.8, 4) is 0 Å². The highest BCUT2D eigenvalue weighted by Crippen LogP contribution is 2.39. The van der Waals surface area contributed by atoms with Gasteiger partial charge in [0.15, 0.2) is 0 Å². The van der Waals surface area contributed by atoms with E-state index in [-0.39, 0.29) is 17.3 Å². The van der Waals surface area contributed by atoms with Gasteiger partial charge in [0.05, 0.1) is 6.10 Å². The number of halogens is 2. The molecule has 0 aromatic heterocycles. The van der Waals surface area contributed by atoms with Crippen LogP contribution >= 0.6 is 15.9 Å². The van der Waals surface area contributed by atoms with Gasteiger partial charge in [-0.1, -0.05) is 15.9 Å². The first-order chi connectivity index (χ1) is 8.57. The molecule has 0 spiro atoms. The fraction of sp³-hybridized carbons (Fsp3) is 0.571. The van der Waals surface area contributed by atoms with Crippen molar-refractivity contribution >= 4 is 15.9 Å². The second-order valence-electron chi connectivity index (χ2n) is 5.07. The summed E-state index contributed by atoms with van der Waals surface area (Å²) in [5.74, 6) is -0.181. The Kier molecular flexibility index (Phi) is 4.41. The summed E-state index contributed by atoms with van der Waals surface area (Å²) in [4.78, 5) is 0. The van der Waals surface area contributed by atoms with Gasteiger partial charge in [0, 0.05) is 23.0 Å². The van der Waals surface area contributed by atoms with Crippen LogP contribution < -0.4 is 5.32 Å². The van der Waals surface area contributed by atoms with Crippen LogP contribution in [0.1, 0.15) is 18.9 Å². The smallest absolute Gasteiger partial charge is 0.123 e. The molecule has 0 radical (unpaired) electrons. The standard InChI is InChI=1S/C14H19BrFNO/c1-10-14(9-17-2,5-6-18-10)8-11-7-12(16)3-4-13(11)15/h3-4,7,10,17H,5-6,8-9H2,1-2H3. The SMILES string of the molecule is CNCC1(Cc2cc(F)ccc2Br)CCOC1C. The molecule has 1 aliphatic heterocycles. The monoisotopic (exact) mass is 315 g/mol. The van der Waals surface area contributed by atoms with Gasteiger partial charge in [0.25, 0.3) is 0 Å². The van der Waals surface area contributed by atoms with Crippen molar-refractivity contribution in [1.82, 2.24) is 5.32 Å². The maximum Gasteiger partial charge on any atom is 0.123 e. The summed E-state index contributed by atoms with van der Waals surface area (Å²) in [6.45, 7) is 3.78. The molecule has 2 nitrogen and oxygen atoms in total. The van der Waals surface area contributed by atoms with E-state index in [1.54, 1.807) is 12.1 Å². The average molecular weight is 316 g/mol. The van der Waals surface area contributed by atoms with E-state index >= 15 is 0 Å². The molecule has 1 fully saturated rings. The lowest BCUT2D eigenvalue weighted by molar-refractivity contribution is 0.0639. The molecule has 2 atom stereocenters.